The van der Waals surface area contributed by atoms with Crippen molar-refractivity contribution in [3.63, 3.8) is 0 Å². The van der Waals surface area contributed by atoms with Crippen LogP contribution in [0, 0.1) is 0 Å². The lowest BCUT2D eigenvalue weighted by atomic mass is 10.1. The van der Waals surface area contributed by atoms with E-state index in [2.05, 4.69) is 9.97 Å². The normalized spacial score (nSPS) is 20.4. The standard InChI is InChI=1S/C8H9Cl3N3O2P/c1-4-6-5(3-14(4)17(10,11)15)12-8(9)13-7(6)16-2/h4H,3H2,1-2H3. The fraction of sp³-hybridized carbons (Fsp3) is 0.500. The molecule has 1 aromatic heterocycles. The van der Waals surface area contributed by atoms with E-state index in [1.54, 1.807) is 0 Å². The van der Waals surface area contributed by atoms with Crippen molar-refractivity contribution in [2.45, 2.75) is 19.5 Å². The Hall–Kier alpha value is -0.0600. The molecule has 94 valence electrons. The van der Waals surface area contributed by atoms with Gasteiger partial charge in [0.1, 0.15) is 0 Å². The van der Waals surface area contributed by atoms with Crippen molar-refractivity contribution in [3.05, 3.63) is 16.5 Å². The Morgan fingerprint density at radius 1 is 1.47 bits per heavy atom. The maximum absolute atomic E-state index is 11.7. The van der Waals surface area contributed by atoms with E-state index in [1.807, 2.05) is 6.92 Å². The first kappa shape index (κ1) is 13.4. The molecular weight excluding hydrogens is 307 g/mol. The summed E-state index contributed by atoms with van der Waals surface area (Å²) in [4.78, 5) is 8.03. The lowest BCUT2D eigenvalue weighted by molar-refractivity contribution is 0.360. The molecule has 1 aliphatic rings. The van der Waals surface area contributed by atoms with Gasteiger partial charge in [0.2, 0.25) is 11.2 Å². The van der Waals surface area contributed by atoms with Gasteiger partial charge in [-0.2, -0.15) is 4.98 Å². The molecule has 0 saturated heterocycles. The smallest absolute Gasteiger partial charge is 0.323 e. The monoisotopic (exact) mass is 315 g/mol. The van der Waals surface area contributed by atoms with E-state index in [0.717, 1.165) is 5.56 Å². The fourth-order valence-corrected chi connectivity index (χ4v) is 3.99. The van der Waals surface area contributed by atoms with Gasteiger partial charge in [-0.3, -0.25) is 4.57 Å². The molecule has 0 N–H and O–H groups in total. The van der Waals surface area contributed by atoms with Gasteiger partial charge in [-0.15, -0.1) is 0 Å². The van der Waals surface area contributed by atoms with Crippen molar-refractivity contribution in [1.29, 1.82) is 0 Å². The summed E-state index contributed by atoms with van der Waals surface area (Å²) in [6, 6.07) is -0.280. The molecule has 1 unspecified atom stereocenters. The van der Waals surface area contributed by atoms with Gasteiger partial charge in [-0.05, 0) is 41.0 Å². The summed E-state index contributed by atoms with van der Waals surface area (Å²) in [7, 11) is 1.48. The van der Waals surface area contributed by atoms with Crippen LogP contribution in [0.2, 0.25) is 5.28 Å². The van der Waals surface area contributed by atoms with Gasteiger partial charge in [0.05, 0.1) is 24.9 Å². The minimum absolute atomic E-state index is 0.0774. The molecule has 9 heteroatoms. The zero-order chi connectivity index (χ0) is 12.8. The van der Waals surface area contributed by atoms with E-state index in [0.29, 0.717) is 11.6 Å². The Kier molecular flexibility index (Phi) is 3.59. The highest BCUT2D eigenvalue weighted by molar-refractivity contribution is 8.06. The molecule has 1 aromatic rings. The average molecular weight is 317 g/mol. The molecule has 5 nitrogen and oxygen atoms in total. The minimum atomic E-state index is -3.39. The summed E-state index contributed by atoms with van der Waals surface area (Å²) in [5.74, 6) is -3.03. The van der Waals surface area contributed by atoms with Gasteiger partial charge in [0, 0.05) is 6.04 Å². The number of methoxy groups -OCH3 is 1. The molecule has 0 bridgehead atoms. The molecule has 2 heterocycles. The van der Waals surface area contributed by atoms with Crippen molar-refractivity contribution in [2.75, 3.05) is 7.11 Å². The molecule has 0 amide bonds. The lowest BCUT2D eigenvalue weighted by Crippen LogP contribution is -2.12. The van der Waals surface area contributed by atoms with Crippen molar-refractivity contribution >= 4 is 40.1 Å². The number of fused-ring (bicyclic) bond motifs is 1. The summed E-state index contributed by atoms with van der Waals surface area (Å²) in [5.41, 5.74) is 1.36. The predicted molar refractivity (Wildman–Crippen MR) is 66.9 cm³/mol. The zero-order valence-electron chi connectivity index (χ0n) is 9.02. The largest absolute Gasteiger partial charge is 0.481 e. The highest BCUT2D eigenvalue weighted by atomic mass is 35.9. The van der Waals surface area contributed by atoms with Crippen molar-refractivity contribution in [2.24, 2.45) is 0 Å². The van der Waals surface area contributed by atoms with Gasteiger partial charge in [0.15, 0.2) is 0 Å². The molecule has 17 heavy (non-hydrogen) atoms. The third kappa shape index (κ3) is 2.40. The van der Waals surface area contributed by atoms with Crippen LogP contribution in [0.1, 0.15) is 24.2 Å². The SMILES string of the molecule is COc1nc(Cl)nc2c1C(C)N(P(=O)(Cl)Cl)C2. The van der Waals surface area contributed by atoms with Crippen LogP contribution < -0.4 is 4.74 Å². The summed E-state index contributed by atoms with van der Waals surface area (Å²) in [6.07, 6.45) is 0. The second kappa shape index (κ2) is 4.56. The lowest BCUT2D eigenvalue weighted by Gasteiger charge is -2.21. The van der Waals surface area contributed by atoms with Crippen molar-refractivity contribution in [1.82, 2.24) is 14.6 Å². The Labute approximate surface area is 113 Å². The maximum Gasteiger partial charge on any atom is 0.323 e. The zero-order valence-corrected chi connectivity index (χ0v) is 12.2. The number of halogens is 3. The Balaban J connectivity index is 2.51. The van der Waals surface area contributed by atoms with Crippen LogP contribution >= 0.6 is 40.1 Å². The Morgan fingerprint density at radius 2 is 2.12 bits per heavy atom. The first-order valence-electron chi connectivity index (χ1n) is 4.71. The van der Waals surface area contributed by atoms with Crippen LogP contribution in [-0.4, -0.2) is 21.7 Å². The molecule has 0 aliphatic carbocycles. The van der Waals surface area contributed by atoms with E-state index >= 15 is 0 Å². The molecule has 0 fully saturated rings. The number of nitrogens with zero attached hydrogens (tertiary/aromatic N) is 3. The predicted octanol–water partition coefficient (Wildman–Crippen LogP) is 3.60. The van der Waals surface area contributed by atoms with Crippen LogP contribution in [0.5, 0.6) is 5.88 Å². The average Bonchev–Trinajstić information content (AvgIpc) is 2.54. The second-order valence-electron chi connectivity index (χ2n) is 3.57. The van der Waals surface area contributed by atoms with Crippen molar-refractivity contribution < 1.29 is 9.30 Å². The molecule has 0 radical (unpaired) electrons. The number of hydrogen-bond donors (Lipinski definition) is 0. The Morgan fingerprint density at radius 3 is 2.65 bits per heavy atom. The molecule has 2 rings (SSSR count). The van der Waals surface area contributed by atoms with E-state index in [-0.39, 0.29) is 17.9 Å². The highest BCUT2D eigenvalue weighted by Gasteiger charge is 2.40. The van der Waals surface area contributed by atoms with Crippen LogP contribution in [0.15, 0.2) is 0 Å². The number of hydrogen-bond acceptors (Lipinski definition) is 4. The van der Waals surface area contributed by atoms with Crippen LogP contribution in [0.4, 0.5) is 0 Å². The molecule has 0 spiro atoms. The van der Waals surface area contributed by atoms with E-state index in [1.165, 1.54) is 11.8 Å². The van der Waals surface area contributed by atoms with E-state index < -0.39 is 6.00 Å². The van der Waals surface area contributed by atoms with Gasteiger partial charge >= 0.3 is 6.00 Å². The van der Waals surface area contributed by atoms with Gasteiger partial charge in [-0.25, -0.2) is 9.65 Å². The molecule has 1 aliphatic heterocycles. The summed E-state index contributed by atoms with van der Waals surface area (Å²) < 4.78 is 18.3. The highest BCUT2D eigenvalue weighted by Crippen LogP contribution is 2.65. The number of rotatable bonds is 2. The number of aromatic nitrogens is 2. The van der Waals surface area contributed by atoms with E-state index in [9.17, 15) is 4.57 Å². The first-order chi connectivity index (χ1) is 7.84. The molecule has 1 atom stereocenters. The summed E-state index contributed by atoms with van der Waals surface area (Å²) in [5, 5.41) is 0.0774. The first-order valence-corrected chi connectivity index (χ1v) is 8.56. The summed E-state index contributed by atoms with van der Waals surface area (Å²) >= 11 is 17.1. The third-order valence-electron chi connectivity index (χ3n) is 2.63. The third-order valence-corrected chi connectivity index (χ3v) is 5.05. The van der Waals surface area contributed by atoms with Crippen molar-refractivity contribution in [3.8, 4) is 5.88 Å². The van der Waals surface area contributed by atoms with Gasteiger partial charge in [0.25, 0.3) is 0 Å². The minimum Gasteiger partial charge on any atom is -0.481 e. The fourth-order valence-electron chi connectivity index (χ4n) is 1.88. The maximum atomic E-state index is 11.7. The van der Waals surface area contributed by atoms with E-state index in [4.69, 9.17) is 38.8 Å². The molecular formula is C8H9Cl3N3O2P. The van der Waals surface area contributed by atoms with Crippen LogP contribution in [0.3, 0.4) is 0 Å². The summed E-state index contributed by atoms with van der Waals surface area (Å²) in [6.45, 7) is 2.07. The quantitative estimate of drug-likeness (QED) is 0.616. The van der Waals surface area contributed by atoms with Crippen LogP contribution in [-0.2, 0) is 11.1 Å². The van der Waals surface area contributed by atoms with Gasteiger partial charge < -0.3 is 4.74 Å². The molecule has 0 aromatic carbocycles. The number of ether oxygens (including phenoxy) is 1. The molecule has 0 saturated carbocycles. The second-order valence-corrected chi connectivity index (χ2v) is 8.56. The van der Waals surface area contributed by atoms with Gasteiger partial charge in [-0.1, -0.05) is 0 Å². The van der Waals surface area contributed by atoms with Crippen LogP contribution in [0.25, 0.3) is 0 Å². The Bertz CT molecular complexity index is 507. The topological polar surface area (TPSA) is 55.3 Å².